The number of hydrogen-bond acceptors (Lipinski definition) is 3. The lowest BCUT2D eigenvalue weighted by Crippen LogP contribution is -2.10. The van der Waals surface area contributed by atoms with E-state index >= 15 is 0 Å². The minimum absolute atomic E-state index is 0.876. The van der Waals surface area contributed by atoms with Gasteiger partial charge < -0.3 is 11.1 Å². The average Bonchev–Trinajstić information content (AvgIpc) is 2.16. The van der Waals surface area contributed by atoms with Crippen LogP contribution in [-0.2, 0) is 6.42 Å². The van der Waals surface area contributed by atoms with Crippen LogP contribution in [0.3, 0.4) is 0 Å². The van der Waals surface area contributed by atoms with Gasteiger partial charge in [0.05, 0.1) is 0 Å². The van der Waals surface area contributed by atoms with E-state index in [0.717, 1.165) is 18.7 Å². The van der Waals surface area contributed by atoms with E-state index in [4.69, 9.17) is 5.73 Å². The number of nitrogens with one attached hydrogen (secondary N) is 1. The zero-order chi connectivity index (χ0) is 9.68. The first kappa shape index (κ1) is 10.4. The van der Waals surface area contributed by atoms with E-state index in [1.165, 1.54) is 10.5 Å². The molecule has 0 fully saturated rings. The van der Waals surface area contributed by atoms with Gasteiger partial charge in [0.1, 0.15) is 0 Å². The molecule has 1 aromatic rings. The van der Waals surface area contributed by atoms with E-state index in [1.807, 2.05) is 19.4 Å². The first-order valence-corrected chi connectivity index (χ1v) is 5.57. The Morgan fingerprint density at radius 3 is 2.85 bits per heavy atom. The van der Waals surface area contributed by atoms with Crippen molar-refractivity contribution in [3.05, 3.63) is 23.8 Å². The second-order valence-corrected chi connectivity index (χ2v) is 3.78. The zero-order valence-electron chi connectivity index (χ0n) is 8.13. The van der Waals surface area contributed by atoms with Gasteiger partial charge in [-0.3, -0.25) is 0 Å². The third kappa shape index (κ3) is 2.94. The summed E-state index contributed by atoms with van der Waals surface area (Å²) in [5.41, 5.74) is 8.01. The molecule has 0 aliphatic carbocycles. The van der Waals surface area contributed by atoms with Crippen LogP contribution in [0.5, 0.6) is 0 Å². The molecule has 0 aliphatic rings. The number of rotatable bonds is 4. The molecule has 1 aromatic carbocycles. The molecule has 0 aliphatic heterocycles. The monoisotopic (exact) mass is 196 g/mol. The van der Waals surface area contributed by atoms with Crippen LogP contribution < -0.4 is 11.1 Å². The van der Waals surface area contributed by atoms with Crippen LogP contribution in [0.4, 0.5) is 5.69 Å². The second-order valence-electron chi connectivity index (χ2n) is 2.93. The van der Waals surface area contributed by atoms with Crippen molar-refractivity contribution in [1.29, 1.82) is 0 Å². The summed E-state index contributed by atoms with van der Waals surface area (Å²) in [6, 6.07) is 6.24. The number of nitrogen functional groups attached to an aromatic ring is 1. The topological polar surface area (TPSA) is 38.0 Å². The number of benzene rings is 1. The molecule has 72 valence electrons. The molecule has 3 heteroatoms. The Balaban J connectivity index is 2.74. The van der Waals surface area contributed by atoms with E-state index in [-0.39, 0.29) is 0 Å². The molecule has 2 nitrogen and oxygen atoms in total. The largest absolute Gasteiger partial charge is 0.398 e. The standard InChI is InChI=1S/C10H16N2S/c1-12-6-5-8-3-4-9(11)10(7-8)13-2/h3-4,7,12H,5-6,11H2,1-2H3. The molecule has 0 saturated heterocycles. The van der Waals surface area contributed by atoms with Gasteiger partial charge in [0.15, 0.2) is 0 Å². The van der Waals surface area contributed by atoms with Crippen molar-refractivity contribution in [1.82, 2.24) is 5.32 Å². The summed E-state index contributed by atoms with van der Waals surface area (Å²) in [6.07, 6.45) is 3.11. The van der Waals surface area contributed by atoms with Crippen molar-refractivity contribution in [3.63, 3.8) is 0 Å². The van der Waals surface area contributed by atoms with Gasteiger partial charge >= 0.3 is 0 Å². The van der Waals surface area contributed by atoms with Gasteiger partial charge in [-0.05, 0) is 44.0 Å². The lowest BCUT2D eigenvalue weighted by molar-refractivity contribution is 0.790. The first-order chi connectivity index (χ1) is 6.27. The van der Waals surface area contributed by atoms with Crippen molar-refractivity contribution < 1.29 is 0 Å². The molecule has 3 N–H and O–H groups in total. The maximum atomic E-state index is 5.79. The van der Waals surface area contributed by atoms with Gasteiger partial charge in [-0.1, -0.05) is 6.07 Å². The number of thioether (sulfide) groups is 1. The van der Waals surface area contributed by atoms with Crippen molar-refractivity contribution >= 4 is 17.4 Å². The Morgan fingerprint density at radius 1 is 1.46 bits per heavy atom. The quantitative estimate of drug-likeness (QED) is 0.569. The normalized spacial score (nSPS) is 10.3. The molecule has 0 aromatic heterocycles. The van der Waals surface area contributed by atoms with E-state index in [2.05, 4.69) is 17.4 Å². The summed E-state index contributed by atoms with van der Waals surface area (Å²) < 4.78 is 0. The van der Waals surface area contributed by atoms with Gasteiger partial charge in [-0.25, -0.2) is 0 Å². The highest BCUT2D eigenvalue weighted by molar-refractivity contribution is 7.98. The summed E-state index contributed by atoms with van der Waals surface area (Å²) in [6.45, 7) is 1.01. The summed E-state index contributed by atoms with van der Waals surface area (Å²) in [7, 11) is 1.97. The molecule has 0 spiro atoms. The van der Waals surface area contributed by atoms with Gasteiger partial charge in [-0.15, -0.1) is 11.8 Å². The molecule has 0 unspecified atom stereocenters. The number of nitrogens with two attached hydrogens (primary N) is 1. The Bertz CT molecular complexity index is 274. The second kappa shape index (κ2) is 5.14. The highest BCUT2D eigenvalue weighted by Gasteiger charge is 1.98. The first-order valence-electron chi connectivity index (χ1n) is 4.35. The molecule has 0 amide bonds. The van der Waals surface area contributed by atoms with Crippen LogP contribution in [-0.4, -0.2) is 19.8 Å². The fraction of sp³-hybridized carbons (Fsp3) is 0.400. The van der Waals surface area contributed by atoms with Crippen LogP contribution in [0.25, 0.3) is 0 Å². The van der Waals surface area contributed by atoms with Crippen molar-refractivity contribution in [2.75, 3.05) is 25.6 Å². The maximum absolute atomic E-state index is 5.79. The zero-order valence-corrected chi connectivity index (χ0v) is 8.95. The number of anilines is 1. The predicted molar refractivity (Wildman–Crippen MR) is 60.3 cm³/mol. The third-order valence-electron chi connectivity index (χ3n) is 1.96. The van der Waals surface area contributed by atoms with Crippen LogP contribution >= 0.6 is 11.8 Å². The van der Waals surface area contributed by atoms with Crippen LogP contribution in [0.15, 0.2) is 23.1 Å². The van der Waals surface area contributed by atoms with E-state index < -0.39 is 0 Å². The van der Waals surface area contributed by atoms with Gasteiger partial charge in [-0.2, -0.15) is 0 Å². The van der Waals surface area contributed by atoms with Crippen molar-refractivity contribution in [2.45, 2.75) is 11.3 Å². The Labute approximate surface area is 83.9 Å². The Kier molecular flexibility index (Phi) is 4.12. The molecule has 0 radical (unpaired) electrons. The lowest BCUT2D eigenvalue weighted by Gasteiger charge is -2.05. The summed E-state index contributed by atoms with van der Waals surface area (Å²) in [5, 5.41) is 3.13. The molecule has 13 heavy (non-hydrogen) atoms. The molecule has 0 saturated carbocycles. The SMILES string of the molecule is CNCCc1ccc(N)c(SC)c1. The predicted octanol–water partition coefficient (Wildman–Crippen LogP) is 1.75. The Hall–Kier alpha value is -0.670. The number of hydrogen-bond donors (Lipinski definition) is 2. The van der Waals surface area contributed by atoms with Gasteiger partial charge in [0.25, 0.3) is 0 Å². The lowest BCUT2D eigenvalue weighted by atomic mass is 10.1. The molecule has 0 heterocycles. The van der Waals surface area contributed by atoms with E-state index in [9.17, 15) is 0 Å². The molecule has 1 rings (SSSR count). The Morgan fingerprint density at radius 2 is 2.23 bits per heavy atom. The fourth-order valence-corrected chi connectivity index (χ4v) is 1.75. The van der Waals surface area contributed by atoms with Crippen LogP contribution in [0, 0.1) is 0 Å². The molecule has 0 atom stereocenters. The van der Waals surface area contributed by atoms with Gasteiger partial charge in [0, 0.05) is 10.6 Å². The summed E-state index contributed by atoms with van der Waals surface area (Å²) in [4.78, 5) is 1.17. The molecule has 0 bridgehead atoms. The highest BCUT2D eigenvalue weighted by atomic mass is 32.2. The highest BCUT2D eigenvalue weighted by Crippen LogP contribution is 2.23. The van der Waals surface area contributed by atoms with Crippen LogP contribution in [0.1, 0.15) is 5.56 Å². The van der Waals surface area contributed by atoms with E-state index in [1.54, 1.807) is 11.8 Å². The molecular weight excluding hydrogens is 180 g/mol. The average molecular weight is 196 g/mol. The summed E-state index contributed by atoms with van der Waals surface area (Å²) in [5.74, 6) is 0. The minimum atomic E-state index is 0.876. The number of likely N-dealkylation sites (N-methyl/N-ethyl adjacent to an activating group) is 1. The van der Waals surface area contributed by atoms with Crippen LogP contribution in [0.2, 0.25) is 0 Å². The van der Waals surface area contributed by atoms with Crippen molar-refractivity contribution in [2.24, 2.45) is 0 Å². The smallest absolute Gasteiger partial charge is 0.0452 e. The van der Waals surface area contributed by atoms with Gasteiger partial charge in [0.2, 0.25) is 0 Å². The third-order valence-corrected chi connectivity index (χ3v) is 2.75. The molecular formula is C10H16N2S. The van der Waals surface area contributed by atoms with Crippen molar-refractivity contribution in [3.8, 4) is 0 Å². The summed E-state index contributed by atoms with van der Waals surface area (Å²) >= 11 is 1.70. The fourth-order valence-electron chi connectivity index (χ4n) is 1.18. The minimum Gasteiger partial charge on any atom is -0.398 e. The van der Waals surface area contributed by atoms with E-state index in [0.29, 0.717) is 0 Å². The maximum Gasteiger partial charge on any atom is 0.0452 e.